The molecule has 6 nitrogen and oxygen atoms in total. The number of benzene rings is 1. The van der Waals surface area contributed by atoms with Crippen molar-refractivity contribution in [2.45, 2.75) is 13.3 Å². The van der Waals surface area contributed by atoms with Crippen LogP contribution in [0.3, 0.4) is 0 Å². The van der Waals surface area contributed by atoms with E-state index in [1.807, 2.05) is 39.2 Å². The van der Waals surface area contributed by atoms with Crippen LogP contribution in [0.1, 0.15) is 21.8 Å². The Balaban J connectivity index is 0.00000243. The predicted molar refractivity (Wildman–Crippen MR) is 114 cm³/mol. The van der Waals surface area contributed by atoms with Crippen LogP contribution in [0.4, 0.5) is 5.13 Å². The quantitative estimate of drug-likeness (QED) is 0.532. The van der Waals surface area contributed by atoms with Gasteiger partial charge in [-0.25, -0.2) is 4.98 Å². The van der Waals surface area contributed by atoms with Crippen molar-refractivity contribution in [1.29, 1.82) is 0 Å². The van der Waals surface area contributed by atoms with Gasteiger partial charge in [-0.2, -0.15) is 0 Å². The fourth-order valence-electron chi connectivity index (χ4n) is 2.38. The van der Waals surface area contributed by atoms with E-state index in [1.165, 1.54) is 11.3 Å². The number of carbonyl (C=O) groups excluding carboxylic acids is 1. The number of nitrogens with zero attached hydrogens (tertiary/aromatic N) is 5. The van der Waals surface area contributed by atoms with Crippen molar-refractivity contribution in [2.75, 3.05) is 32.1 Å². The van der Waals surface area contributed by atoms with Gasteiger partial charge < -0.3 is 4.90 Å². The van der Waals surface area contributed by atoms with Gasteiger partial charge >= 0.3 is 0 Å². The van der Waals surface area contributed by atoms with Crippen LogP contribution in [-0.2, 0) is 0 Å². The van der Waals surface area contributed by atoms with Crippen molar-refractivity contribution in [2.24, 2.45) is 0 Å². The summed E-state index contributed by atoms with van der Waals surface area (Å²) in [6.45, 7) is 3.32. The highest BCUT2D eigenvalue weighted by molar-refractivity contribution is 9.10. The third-order valence-corrected chi connectivity index (χ3v) is 6.00. The number of amides is 1. The first-order chi connectivity index (χ1) is 12.0. The molecular formula is C16H19BrClN5OS2. The molecule has 0 aliphatic heterocycles. The highest BCUT2D eigenvalue weighted by Crippen LogP contribution is 2.32. The third-order valence-electron chi connectivity index (χ3n) is 3.65. The Kier molecular flexibility index (Phi) is 7.48. The highest BCUT2D eigenvalue weighted by atomic mass is 79.9. The maximum Gasteiger partial charge on any atom is 0.273 e. The maximum absolute atomic E-state index is 13.0. The second-order valence-corrected chi connectivity index (χ2v) is 8.59. The predicted octanol–water partition coefficient (Wildman–Crippen LogP) is 4.24. The molecule has 10 heteroatoms. The van der Waals surface area contributed by atoms with Crippen molar-refractivity contribution in [1.82, 2.24) is 19.5 Å². The molecule has 1 amide bonds. The molecule has 0 radical (unpaired) electrons. The van der Waals surface area contributed by atoms with E-state index >= 15 is 0 Å². The molecule has 0 spiro atoms. The van der Waals surface area contributed by atoms with Gasteiger partial charge in [0, 0.05) is 11.0 Å². The van der Waals surface area contributed by atoms with E-state index in [0.717, 1.165) is 39.2 Å². The summed E-state index contributed by atoms with van der Waals surface area (Å²) in [6.07, 6.45) is 0.865. The van der Waals surface area contributed by atoms with Crippen LogP contribution in [0, 0.1) is 6.92 Å². The molecule has 1 aromatic carbocycles. The topological polar surface area (TPSA) is 62.2 Å². The zero-order valence-electron chi connectivity index (χ0n) is 14.6. The molecule has 2 aromatic heterocycles. The summed E-state index contributed by atoms with van der Waals surface area (Å²) in [5, 5.41) is 4.68. The maximum atomic E-state index is 13.0. The van der Waals surface area contributed by atoms with Crippen LogP contribution in [0.15, 0.2) is 22.7 Å². The van der Waals surface area contributed by atoms with Crippen LogP contribution in [0.2, 0.25) is 0 Å². The second kappa shape index (κ2) is 9.18. The number of aromatic nitrogens is 3. The van der Waals surface area contributed by atoms with Crippen molar-refractivity contribution >= 4 is 72.5 Å². The minimum Gasteiger partial charge on any atom is -0.309 e. The molecule has 0 aliphatic rings. The summed E-state index contributed by atoms with van der Waals surface area (Å²) in [4.78, 5) is 22.1. The summed E-state index contributed by atoms with van der Waals surface area (Å²) in [5.41, 5.74) is 1.56. The third kappa shape index (κ3) is 4.77. The van der Waals surface area contributed by atoms with E-state index in [-0.39, 0.29) is 18.3 Å². The summed E-state index contributed by atoms with van der Waals surface area (Å²) < 4.78 is 5.95. The van der Waals surface area contributed by atoms with Gasteiger partial charge in [-0.15, -0.1) is 17.5 Å². The molecule has 140 valence electrons. The fourth-order valence-corrected chi connectivity index (χ4v) is 4.53. The molecule has 26 heavy (non-hydrogen) atoms. The number of thiazole rings is 1. The number of carbonyl (C=O) groups is 1. The molecule has 0 aliphatic carbocycles. The molecule has 0 fully saturated rings. The molecule has 3 aromatic rings. The average Bonchev–Trinajstić information content (AvgIpc) is 3.16. The summed E-state index contributed by atoms with van der Waals surface area (Å²) in [7, 11) is 4.05. The number of hydrogen-bond acceptors (Lipinski definition) is 7. The molecule has 0 saturated carbocycles. The van der Waals surface area contributed by atoms with Gasteiger partial charge in [0.1, 0.15) is 4.88 Å². The number of aryl methyl sites for hydroxylation is 1. The van der Waals surface area contributed by atoms with E-state index in [4.69, 9.17) is 0 Å². The van der Waals surface area contributed by atoms with Gasteiger partial charge in [0.15, 0.2) is 5.13 Å². The van der Waals surface area contributed by atoms with Crippen molar-refractivity contribution < 1.29 is 4.79 Å². The standard InChI is InChI=1S/C16H18BrN5OS2.ClH/c1-10-14(25-20-19-10)15(23)22(8-4-7-21(2)3)16-18-12-6-5-11(17)9-13(12)24-16;/h5-6,9H,4,7-8H2,1-3H3;1H. The number of hydrogen-bond donors (Lipinski definition) is 0. The van der Waals surface area contributed by atoms with E-state index < -0.39 is 0 Å². The van der Waals surface area contributed by atoms with Gasteiger partial charge in [-0.3, -0.25) is 9.69 Å². The normalized spacial score (nSPS) is 11.0. The first kappa shape index (κ1) is 21.2. The Morgan fingerprint density at radius 1 is 1.27 bits per heavy atom. The first-order valence-corrected chi connectivity index (χ1v) is 10.2. The summed E-state index contributed by atoms with van der Waals surface area (Å²) in [6, 6.07) is 5.95. The first-order valence-electron chi connectivity index (χ1n) is 7.77. The monoisotopic (exact) mass is 475 g/mol. The lowest BCUT2D eigenvalue weighted by molar-refractivity contribution is 0.0989. The van der Waals surface area contributed by atoms with E-state index in [2.05, 4.69) is 35.4 Å². The Hall–Kier alpha value is -1.13. The number of anilines is 1. The minimum atomic E-state index is -0.0793. The summed E-state index contributed by atoms with van der Waals surface area (Å²) >= 11 is 6.14. The molecule has 0 saturated heterocycles. The lowest BCUT2D eigenvalue weighted by Gasteiger charge is -2.20. The summed E-state index contributed by atoms with van der Waals surface area (Å²) in [5.74, 6) is -0.0793. The van der Waals surface area contributed by atoms with Crippen LogP contribution in [0.5, 0.6) is 0 Å². The van der Waals surface area contributed by atoms with E-state index in [9.17, 15) is 4.79 Å². The van der Waals surface area contributed by atoms with Crippen molar-refractivity contribution in [3.05, 3.63) is 33.2 Å². The molecular weight excluding hydrogens is 458 g/mol. The smallest absolute Gasteiger partial charge is 0.273 e. The van der Waals surface area contributed by atoms with E-state index in [1.54, 1.807) is 4.90 Å². The molecule has 0 atom stereocenters. The lowest BCUT2D eigenvalue weighted by atomic mass is 10.3. The molecule has 3 rings (SSSR count). The Morgan fingerprint density at radius 2 is 2.04 bits per heavy atom. The number of halogens is 2. The highest BCUT2D eigenvalue weighted by Gasteiger charge is 2.24. The van der Waals surface area contributed by atoms with Crippen LogP contribution < -0.4 is 4.90 Å². The van der Waals surface area contributed by atoms with Gasteiger partial charge in [0.25, 0.3) is 5.91 Å². The zero-order chi connectivity index (χ0) is 18.0. The minimum absolute atomic E-state index is 0. The van der Waals surface area contributed by atoms with Crippen LogP contribution >= 0.6 is 51.2 Å². The van der Waals surface area contributed by atoms with Gasteiger partial charge in [0.05, 0.1) is 15.9 Å². The van der Waals surface area contributed by atoms with Crippen LogP contribution in [0.25, 0.3) is 10.2 Å². The van der Waals surface area contributed by atoms with Gasteiger partial charge in [0.2, 0.25) is 0 Å². The molecule has 0 unspecified atom stereocenters. The lowest BCUT2D eigenvalue weighted by Crippen LogP contribution is -2.33. The van der Waals surface area contributed by atoms with E-state index in [0.29, 0.717) is 22.2 Å². The SMILES string of the molecule is Cc1nnsc1C(=O)N(CCCN(C)C)c1nc2ccc(Br)cc2s1.Cl. The number of rotatable bonds is 6. The number of fused-ring (bicyclic) bond motifs is 1. The largest absolute Gasteiger partial charge is 0.309 e. The molecule has 0 bridgehead atoms. The van der Waals surface area contributed by atoms with Gasteiger partial charge in [-0.1, -0.05) is 31.8 Å². The van der Waals surface area contributed by atoms with Crippen molar-refractivity contribution in [3.8, 4) is 0 Å². The fraction of sp³-hybridized carbons (Fsp3) is 0.375. The Bertz CT molecular complexity index is 898. The zero-order valence-corrected chi connectivity index (χ0v) is 18.6. The van der Waals surface area contributed by atoms with Crippen molar-refractivity contribution in [3.63, 3.8) is 0 Å². The van der Waals surface area contributed by atoms with Gasteiger partial charge in [-0.05, 0) is 63.7 Å². The molecule has 2 heterocycles. The Morgan fingerprint density at radius 3 is 2.69 bits per heavy atom. The van der Waals surface area contributed by atoms with Crippen LogP contribution in [-0.4, -0.2) is 52.6 Å². The second-order valence-electron chi connectivity index (χ2n) is 5.91. The average molecular weight is 477 g/mol. The molecule has 0 N–H and O–H groups in total. The Labute approximate surface area is 174 Å².